The largest absolute Gasteiger partial charge is 0.446 e. The molecule has 6 aromatic rings. The summed E-state index contributed by atoms with van der Waals surface area (Å²) in [5.74, 6) is 3.48. The fraction of sp³-hybridized carbons (Fsp3) is 0.421. The number of hydrogen-bond donors (Lipinski definition) is 1. The zero-order valence-electron chi connectivity index (χ0n) is 41.2. The molecule has 0 spiro atoms. The summed E-state index contributed by atoms with van der Waals surface area (Å²) >= 11 is 13.0. The Bertz CT molecular complexity index is 2820. The lowest BCUT2D eigenvalue weighted by atomic mass is 9.76. The van der Waals surface area contributed by atoms with Gasteiger partial charge in [-0.3, -0.25) is 9.97 Å². The van der Waals surface area contributed by atoms with Gasteiger partial charge in [-0.2, -0.15) is 0 Å². The summed E-state index contributed by atoms with van der Waals surface area (Å²) in [4.78, 5) is 33.6. The number of imidazole rings is 2. The molecule has 6 heterocycles. The van der Waals surface area contributed by atoms with Crippen LogP contribution in [-0.2, 0) is 17.8 Å². The van der Waals surface area contributed by atoms with Crippen molar-refractivity contribution in [1.29, 1.82) is 0 Å². The molecule has 2 unspecified atom stereocenters. The van der Waals surface area contributed by atoms with Gasteiger partial charge in [-0.1, -0.05) is 66.0 Å². The second-order valence-corrected chi connectivity index (χ2v) is 20.5. The number of likely N-dealkylation sites (tertiary alicyclic amines) is 1. The first-order chi connectivity index (χ1) is 33.8. The van der Waals surface area contributed by atoms with Crippen molar-refractivity contribution in [1.82, 2.24) is 39.3 Å². The number of nitrogens with zero attached hydrogens (tertiary/aromatic N) is 7. The van der Waals surface area contributed by atoms with Gasteiger partial charge in [0.15, 0.2) is 0 Å². The van der Waals surface area contributed by atoms with Crippen molar-refractivity contribution in [3.8, 4) is 0 Å². The lowest BCUT2D eigenvalue weighted by molar-refractivity contribution is 0.0372. The van der Waals surface area contributed by atoms with Gasteiger partial charge in [0, 0.05) is 85.2 Å². The van der Waals surface area contributed by atoms with Crippen LogP contribution in [0.2, 0.25) is 10.0 Å². The van der Waals surface area contributed by atoms with Gasteiger partial charge in [0.2, 0.25) is 0 Å². The Morgan fingerprint density at radius 1 is 0.625 bits per heavy atom. The lowest BCUT2D eigenvalue weighted by Gasteiger charge is -2.37. The molecule has 3 fully saturated rings. The Balaban J connectivity index is 0.000000209. The minimum absolute atomic E-state index is 0. The molecule has 2 atom stereocenters. The summed E-state index contributed by atoms with van der Waals surface area (Å²) in [7, 11) is 0. The predicted molar refractivity (Wildman–Crippen MR) is 299 cm³/mol. The van der Waals surface area contributed by atoms with E-state index in [9.17, 15) is 4.79 Å². The van der Waals surface area contributed by atoms with Crippen LogP contribution >= 0.6 is 60.4 Å². The summed E-state index contributed by atoms with van der Waals surface area (Å²) in [6.45, 7) is 9.45. The molecule has 4 aromatic heterocycles. The molecule has 5 aliphatic rings. The summed E-state index contributed by atoms with van der Waals surface area (Å²) in [6.07, 6.45) is 27.9. The van der Waals surface area contributed by atoms with Crippen LogP contribution in [0, 0.1) is 25.7 Å². The molecule has 382 valence electrons. The van der Waals surface area contributed by atoms with Crippen LogP contribution in [0.15, 0.2) is 97.8 Å². The normalized spacial score (nSPS) is 18.8. The highest BCUT2D eigenvalue weighted by molar-refractivity contribution is 6.31. The van der Waals surface area contributed by atoms with E-state index in [1.54, 1.807) is 0 Å². The Morgan fingerprint density at radius 2 is 1.11 bits per heavy atom. The maximum absolute atomic E-state index is 12.9. The molecule has 2 saturated heterocycles. The zero-order valence-corrected chi connectivity index (χ0v) is 45.2. The van der Waals surface area contributed by atoms with Crippen molar-refractivity contribution in [2.24, 2.45) is 11.8 Å². The lowest BCUT2D eigenvalue weighted by Crippen LogP contribution is -2.41. The first kappa shape index (κ1) is 55.1. The van der Waals surface area contributed by atoms with Gasteiger partial charge in [0.1, 0.15) is 17.8 Å². The highest BCUT2D eigenvalue weighted by atomic mass is 35.5. The molecular weight excluding hydrogens is 1010 g/mol. The predicted octanol–water partition coefficient (Wildman–Crippen LogP) is 14.1. The van der Waals surface area contributed by atoms with Gasteiger partial charge in [-0.25, -0.2) is 14.8 Å². The number of amides is 1. The van der Waals surface area contributed by atoms with Crippen LogP contribution in [0.5, 0.6) is 0 Å². The Hall–Kier alpha value is -4.68. The van der Waals surface area contributed by atoms with Crippen molar-refractivity contribution in [3.05, 3.63) is 164 Å². The van der Waals surface area contributed by atoms with Gasteiger partial charge in [0.05, 0.1) is 11.4 Å². The topological polar surface area (TPSA) is 103 Å². The number of ether oxygens (including phenoxy) is 1. The van der Waals surface area contributed by atoms with E-state index >= 15 is 0 Å². The van der Waals surface area contributed by atoms with Crippen LogP contribution in [0.3, 0.4) is 0 Å². The molecule has 0 bridgehead atoms. The fourth-order valence-electron chi connectivity index (χ4n) is 11.7. The highest BCUT2D eigenvalue weighted by Crippen LogP contribution is 2.47. The zero-order chi connectivity index (χ0) is 47.3. The highest BCUT2D eigenvalue weighted by Gasteiger charge is 2.37. The third kappa shape index (κ3) is 12.5. The SMILES string of the molecule is Cc1nccn1CCC1=Cc2cc(Cl)ccc2C(C2CCN(C(=O)OC3CCCCC3)CC2)c2ncccc21.Cc1nccn1CCC1=Cc2cc(Cl)ccc2C(C2CCNCC2)c2ncccc21.Cl.Cl.Cl. The van der Waals surface area contributed by atoms with E-state index in [4.69, 9.17) is 37.9 Å². The molecule has 11 rings (SSSR count). The summed E-state index contributed by atoms with van der Waals surface area (Å²) < 4.78 is 10.3. The summed E-state index contributed by atoms with van der Waals surface area (Å²) in [6, 6.07) is 21.2. The van der Waals surface area contributed by atoms with E-state index in [1.807, 2.05) is 61.0 Å². The van der Waals surface area contributed by atoms with Crippen LogP contribution in [0.4, 0.5) is 4.79 Å². The average molecular weight is 1070 g/mol. The van der Waals surface area contributed by atoms with Crippen molar-refractivity contribution >= 4 is 89.8 Å². The van der Waals surface area contributed by atoms with Crippen molar-refractivity contribution < 1.29 is 9.53 Å². The number of halogens is 5. The maximum Gasteiger partial charge on any atom is 0.410 e. The molecular formula is C57H67Cl5N8O2. The molecule has 15 heteroatoms. The number of aryl methyl sites for hydroxylation is 4. The maximum atomic E-state index is 12.9. The number of hydrogen-bond acceptors (Lipinski definition) is 7. The number of allylic oxidation sites excluding steroid dienone is 2. The second-order valence-electron chi connectivity index (χ2n) is 19.6. The Kier molecular flexibility index (Phi) is 19.5. The number of rotatable bonds is 9. The Morgan fingerprint density at radius 3 is 1.58 bits per heavy atom. The molecule has 10 nitrogen and oxygen atoms in total. The van der Waals surface area contributed by atoms with Gasteiger partial charge >= 0.3 is 6.09 Å². The van der Waals surface area contributed by atoms with E-state index in [0.29, 0.717) is 17.8 Å². The summed E-state index contributed by atoms with van der Waals surface area (Å²) in [5, 5.41) is 5.05. The Labute approximate surface area is 453 Å². The molecule has 1 saturated carbocycles. The molecule has 1 amide bonds. The first-order valence-electron chi connectivity index (χ1n) is 25.3. The van der Waals surface area contributed by atoms with Crippen LogP contribution < -0.4 is 5.32 Å². The number of pyridine rings is 2. The van der Waals surface area contributed by atoms with Gasteiger partial charge in [-0.15, -0.1) is 37.2 Å². The molecule has 1 N–H and O–H groups in total. The van der Waals surface area contributed by atoms with Gasteiger partial charge in [-0.05, 0) is 184 Å². The van der Waals surface area contributed by atoms with Crippen LogP contribution in [0.1, 0.15) is 139 Å². The van der Waals surface area contributed by atoms with Gasteiger partial charge < -0.3 is 24.1 Å². The third-order valence-electron chi connectivity index (χ3n) is 15.4. The minimum atomic E-state index is -0.134. The molecule has 2 aliphatic heterocycles. The van der Waals surface area contributed by atoms with E-state index in [1.165, 1.54) is 69.5 Å². The van der Waals surface area contributed by atoms with E-state index in [2.05, 4.69) is 92.2 Å². The van der Waals surface area contributed by atoms with Gasteiger partial charge in [0.25, 0.3) is 0 Å². The van der Waals surface area contributed by atoms with Crippen molar-refractivity contribution in [3.63, 3.8) is 0 Å². The smallest absolute Gasteiger partial charge is 0.410 e. The monoisotopic (exact) mass is 1070 g/mol. The third-order valence-corrected chi connectivity index (χ3v) is 15.9. The average Bonchev–Trinajstić information content (AvgIpc) is 3.92. The number of aromatic nitrogens is 6. The standard InChI is InChI=1S/C32H37ClN4O2.C25H27ClN4.3ClH/c1-22-34-15-19-36(22)16-13-24-20-25-21-26(33)9-10-28(25)30(31-29(24)8-5-14-35-31)23-11-17-37(18-12-23)32(38)39-27-6-3-2-4-7-27;1-17-28-12-14-30(17)13-8-19-15-20-16-21(26)4-5-22(20)24(18-6-10-27-11-7-18)25-23(19)3-2-9-29-25;;;/h5,8-10,14-15,19-21,23,27,30H,2-4,6-7,11-13,16-18H2,1H3;2-5,9,12,14-16,18,24,27H,6-8,10-11,13H2,1H3;3*1H. The number of nitrogens with one attached hydrogen (secondary N) is 1. The molecule has 2 aromatic carbocycles. The van der Waals surface area contributed by atoms with Crippen LogP contribution in [-0.4, -0.2) is 72.3 Å². The molecule has 0 radical (unpaired) electrons. The van der Waals surface area contributed by atoms with E-state index in [0.717, 1.165) is 118 Å². The second kappa shape index (κ2) is 25.5. The van der Waals surface area contributed by atoms with E-state index < -0.39 is 0 Å². The number of carbonyl (C=O) groups excluding carboxylic acids is 1. The molecule has 3 aliphatic carbocycles. The first-order valence-corrected chi connectivity index (χ1v) is 26.1. The van der Waals surface area contributed by atoms with E-state index in [-0.39, 0.29) is 55.3 Å². The minimum Gasteiger partial charge on any atom is -0.446 e. The molecule has 72 heavy (non-hydrogen) atoms. The van der Waals surface area contributed by atoms with Crippen LogP contribution in [0.25, 0.3) is 23.3 Å². The number of carbonyl (C=O) groups is 1. The number of benzene rings is 2. The quantitative estimate of drug-likeness (QED) is 0.154. The number of fused-ring (bicyclic) bond motifs is 4. The van der Waals surface area contributed by atoms with Crippen molar-refractivity contribution in [2.45, 2.75) is 116 Å². The van der Waals surface area contributed by atoms with Crippen molar-refractivity contribution in [2.75, 3.05) is 26.2 Å². The summed E-state index contributed by atoms with van der Waals surface area (Å²) in [5.41, 5.74) is 12.5. The number of piperidine rings is 2. The fourth-order valence-corrected chi connectivity index (χ4v) is 12.1.